The largest absolute Gasteiger partial charge is 0.375 e. The van der Waals surface area contributed by atoms with Gasteiger partial charge >= 0.3 is 0 Å². The van der Waals surface area contributed by atoms with Crippen LogP contribution in [-0.2, 0) is 0 Å². The first-order valence-electron chi connectivity index (χ1n) is 3.45. The summed E-state index contributed by atoms with van der Waals surface area (Å²) in [4.78, 5) is 0. The molecule has 0 rings (SSSR count). The van der Waals surface area contributed by atoms with Gasteiger partial charge in [0.25, 0.3) is 0 Å². The molecule has 5 N–H and O–H groups in total. The van der Waals surface area contributed by atoms with Crippen molar-refractivity contribution in [1.29, 1.82) is 0 Å². The Hall–Kier alpha value is -0.350. The van der Waals surface area contributed by atoms with Gasteiger partial charge in [-0.3, -0.25) is 0 Å². The average molecular weight is 163 g/mol. The van der Waals surface area contributed by atoms with Crippen LogP contribution in [0.25, 0.3) is 0 Å². The molecule has 0 atom stereocenters. The molecule has 0 saturated heterocycles. The van der Waals surface area contributed by atoms with Crippen LogP contribution in [-0.4, -0.2) is 5.11 Å². The molecule has 62 valence electrons. The highest BCUT2D eigenvalue weighted by Crippen LogP contribution is 1.88. The second-order valence-corrected chi connectivity index (χ2v) is 2.30. The molecule has 0 aliphatic heterocycles. The van der Waals surface area contributed by atoms with E-state index in [-0.39, 0.29) is 5.11 Å². The number of hydrazine groups is 1. The monoisotopic (exact) mass is 163 g/mol. The number of nitrogens with two attached hydrogens (primary N) is 2. The molecule has 0 aromatic rings. The molecular weight excluding hydrogens is 146 g/mol. The van der Waals surface area contributed by atoms with Gasteiger partial charge in [0.05, 0.1) is 0 Å². The van der Waals surface area contributed by atoms with E-state index in [1.165, 1.54) is 19.3 Å². The minimum Gasteiger partial charge on any atom is -0.375 e. The smallest absolute Gasteiger partial charge is 0.177 e. The number of unbranched alkanes of at least 4 members (excludes halogenated alkanes) is 2. The maximum Gasteiger partial charge on any atom is 0.177 e. The predicted molar refractivity (Wildman–Crippen MR) is 49.3 cm³/mol. The summed E-state index contributed by atoms with van der Waals surface area (Å²) in [5.41, 5.74) is 6.82. The topological polar surface area (TPSA) is 64.1 Å². The van der Waals surface area contributed by atoms with Crippen LogP contribution in [0.5, 0.6) is 0 Å². The highest BCUT2D eigenvalue weighted by Gasteiger charge is 1.68. The second kappa shape index (κ2) is 11.4. The summed E-state index contributed by atoms with van der Waals surface area (Å²) in [7, 11) is 0. The molecule has 3 nitrogen and oxygen atoms in total. The Labute approximate surface area is 68.1 Å². The third-order valence-corrected chi connectivity index (χ3v) is 0.967. The van der Waals surface area contributed by atoms with E-state index in [1.54, 1.807) is 0 Å². The lowest BCUT2D eigenvalue weighted by Gasteiger charge is -1.85. The minimum absolute atomic E-state index is 0.116. The summed E-state index contributed by atoms with van der Waals surface area (Å²) < 4.78 is 0. The standard InChI is InChI=1S/C5H12.CH5N3S/c1-3-5-4-2;2-1(5)4-3/h3-5H2,1-2H3;3H2,(H3,2,4,5). The first-order valence-corrected chi connectivity index (χ1v) is 3.85. The molecule has 0 amide bonds. The molecule has 0 bridgehead atoms. The van der Waals surface area contributed by atoms with Gasteiger partial charge in [0.1, 0.15) is 0 Å². The summed E-state index contributed by atoms with van der Waals surface area (Å²) in [6.07, 6.45) is 4.08. The average Bonchev–Trinajstić information content (AvgIpc) is 1.91. The lowest BCUT2D eigenvalue weighted by atomic mass is 10.3. The fourth-order valence-electron chi connectivity index (χ4n) is 0.354. The van der Waals surface area contributed by atoms with Crippen molar-refractivity contribution in [3.8, 4) is 0 Å². The fourth-order valence-corrected chi connectivity index (χ4v) is 0.354. The minimum atomic E-state index is 0.116. The highest BCUT2D eigenvalue weighted by molar-refractivity contribution is 7.80. The first-order chi connectivity index (χ1) is 4.68. The van der Waals surface area contributed by atoms with Crippen LogP contribution < -0.4 is 17.0 Å². The van der Waals surface area contributed by atoms with Gasteiger partial charge in [-0.1, -0.05) is 33.1 Å². The Morgan fingerprint density at radius 2 is 1.70 bits per heavy atom. The van der Waals surface area contributed by atoms with Crippen LogP contribution in [0.4, 0.5) is 0 Å². The van der Waals surface area contributed by atoms with Crippen molar-refractivity contribution in [2.75, 3.05) is 0 Å². The van der Waals surface area contributed by atoms with Crippen LogP contribution in [0.2, 0.25) is 0 Å². The van der Waals surface area contributed by atoms with E-state index < -0.39 is 0 Å². The van der Waals surface area contributed by atoms with Gasteiger partial charge in [-0.05, 0) is 12.2 Å². The van der Waals surface area contributed by atoms with Crippen LogP contribution >= 0.6 is 12.2 Å². The Balaban J connectivity index is 0. The molecule has 0 heterocycles. The molecular formula is C6H17N3S. The zero-order valence-electron chi connectivity index (χ0n) is 6.68. The Morgan fingerprint density at radius 1 is 1.40 bits per heavy atom. The SMILES string of the molecule is CCCCC.NNC(N)=S. The molecule has 0 saturated carbocycles. The van der Waals surface area contributed by atoms with Crippen molar-refractivity contribution >= 4 is 17.3 Å². The van der Waals surface area contributed by atoms with Gasteiger partial charge < -0.3 is 11.2 Å². The third-order valence-electron chi connectivity index (χ3n) is 0.849. The Bertz CT molecular complexity index is 73.4. The molecule has 0 unspecified atom stereocenters. The number of rotatable bonds is 2. The van der Waals surface area contributed by atoms with E-state index in [1.807, 2.05) is 5.43 Å². The third kappa shape index (κ3) is 25.4. The normalized spacial score (nSPS) is 7.50. The van der Waals surface area contributed by atoms with Gasteiger partial charge in [-0.15, -0.1) is 0 Å². The van der Waals surface area contributed by atoms with Gasteiger partial charge in [0.15, 0.2) is 5.11 Å². The number of hydrogen-bond acceptors (Lipinski definition) is 2. The number of nitrogens with one attached hydrogen (secondary N) is 1. The van der Waals surface area contributed by atoms with Crippen molar-refractivity contribution in [2.24, 2.45) is 11.6 Å². The van der Waals surface area contributed by atoms with E-state index in [0.29, 0.717) is 0 Å². The zero-order valence-corrected chi connectivity index (χ0v) is 7.50. The molecule has 0 aliphatic rings. The first kappa shape index (κ1) is 12.3. The molecule has 0 spiro atoms. The number of thiocarbonyl (C=S) groups is 1. The fraction of sp³-hybridized carbons (Fsp3) is 0.833. The van der Waals surface area contributed by atoms with Crippen LogP contribution in [0.3, 0.4) is 0 Å². The Kier molecular flexibility index (Phi) is 14.1. The van der Waals surface area contributed by atoms with Gasteiger partial charge in [0, 0.05) is 0 Å². The molecule has 0 aromatic heterocycles. The van der Waals surface area contributed by atoms with Crippen LogP contribution in [0.1, 0.15) is 33.1 Å². The van der Waals surface area contributed by atoms with E-state index in [2.05, 4.69) is 31.9 Å². The van der Waals surface area contributed by atoms with E-state index in [9.17, 15) is 0 Å². The van der Waals surface area contributed by atoms with Gasteiger partial charge in [0.2, 0.25) is 0 Å². The maximum absolute atomic E-state index is 4.79. The summed E-state index contributed by atoms with van der Waals surface area (Å²) in [5, 5.41) is 0.116. The molecule has 0 aromatic carbocycles. The van der Waals surface area contributed by atoms with E-state index >= 15 is 0 Å². The van der Waals surface area contributed by atoms with Crippen molar-refractivity contribution in [3.63, 3.8) is 0 Å². The van der Waals surface area contributed by atoms with Crippen molar-refractivity contribution in [2.45, 2.75) is 33.1 Å². The van der Waals surface area contributed by atoms with Crippen LogP contribution in [0, 0.1) is 0 Å². The summed E-state index contributed by atoms with van der Waals surface area (Å²) in [6.45, 7) is 4.42. The van der Waals surface area contributed by atoms with Gasteiger partial charge in [-0.2, -0.15) is 0 Å². The predicted octanol–water partition coefficient (Wildman–Crippen LogP) is 0.890. The summed E-state index contributed by atoms with van der Waals surface area (Å²) in [5.74, 6) is 4.66. The van der Waals surface area contributed by atoms with Gasteiger partial charge in [-0.25, -0.2) is 5.84 Å². The van der Waals surface area contributed by atoms with Crippen molar-refractivity contribution in [1.82, 2.24) is 5.43 Å². The summed E-state index contributed by atoms with van der Waals surface area (Å²) in [6, 6.07) is 0. The van der Waals surface area contributed by atoms with Crippen LogP contribution in [0.15, 0.2) is 0 Å². The molecule has 10 heavy (non-hydrogen) atoms. The lowest BCUT2D eigenvalue weighted by molar-refractivity contribution is 0.772. The van der Waals surface area contributed by atoms with E-state index in [4.69, 9.17) is 5.73 Å². The second-order valence-electron chi connectivity index (χ2n) is 1.86. The Morgan fingerprint density at radius 3 is 1.70 bits per heavy atom. The summed E-state index contributed by atoms with van der Waals surface area (Å²) >= 11 is 4.24. The van der Waals surface area contributed by atoms with Crippen molar-refractivity contribution < 1.29 is 0 Å². The molecule has 0 fully saturated rings. The van der Waals surface area contributed by atoms with E-state index in [0.717, 1.165) is 0 Å². The zero-order chi connectivity index (χ0) is 8.41. The molecule has 0 radical (unpaired) electrons. The quantitative estimate of drug-likeness (QED) is 0.321. The number of hydrogen-bond donors (Lipinski definition) is 3. The van der Waals surface area contributed by atoms with Crippen molar-refractivity contribution in [3.05, 3.63) is 0 Å². The maximum atomic E-state index is 4.79. The highest BCUT2D eigenvalue weighted by atomic mass is 32.1. The molecule has 4 heteroatoms. The lowest BCUT2D eigenvalue weighted by Crippen LogP contribution is -2.34. The molecule has 0 aliphatic carbocycles.